The van der Waals surface area contributed by atoms with E-state index in [-0.39, 0.29) is 43.8 Å². The van der Waals surface area contributed by atoms with Crippen LogP contribution in [0, 0.1) is 17.8 Å². The smallest absolute Gasteiger partial charge is 0.334 e. The van der Waals surface area contributed by atoms with Crippen LogP contribution in [0.4, 0.5) is 0 Å². The number of carbonyl (C=O) groups is 1. The van der Waals surface area contributed by atoms with Gasteiger partial charge in [-0.05, 0) is 80.7 Å². The Bertz CT molecular complexity index is 2040. The molecule has 5 heterocycles. The molecular weight excluding hydrogens is 1020 g/mol. The molecule has 20 nitrogen and oxygen atoms in total. The average Bonchev–Trinajstić information content (AvgIpc) is 3.46. The lowest BCUT2D eigenvalue weighted by atomic mass is 9.76. The van der Waals surface area contributed by atoms with Crippen molar-refractivity contribution in [3.63, 3.8) is 0 Å². The minimum atomic E-state index is -2.44. The van der Waals surface area contributed by atoms with Crippen LogP contribution < -0.4 is 0 Å². The number of methoxy groups -OCH3 is 4. The fourth-order valence-electron chi connectivity index (χ4n) is 11.6. The van der Waals surface area contributed by atoms with Crippen molar-refractivity contribution in [3.8, 4) is 0 Å². The SMILES string of the molecule is COC[C@@H](C[C@H]1O[C@@](O)([C@@H]2OC(=O)/C(C)=C/C(C)=C/C(C)=C/[C@@H](C)[C@H](O[C@@H]3O[C@@H](C)[C@H](OC)[C@@H](O)[C@@H]3O)/C=C/C(C)=C/CCCC(OC)C[C@@H]2O)[C@H](C)[C@@H](O)[C@H]1C)O[C@H]1C[C@](C)(O)[C@@H](O[C@H]2C[C@@H](OC)[C@H](O)[C@@H](C)O2)[C@H](C)O1. The minimum Gasteiger partial charge on any atom is -0.450 e. The molecule has 0 spiro atoms. The van der Waals surface area contributed by atoms with E-state index in [0.717, 1.165) is 11.1 Å². The van der Waals surface area contributed by atoms with Crippen LogP contribution in [0.3, 0.4) is 0 Å². The van der Waals surface area contributed by atoms with Gasteiger partial charge in [0.15, 0.2) is 25.0 Å². The van der Waals surface area contributed by atoms with Crippen LogP contribution in [0.5, 0.6) is 0 Å². The third-order valence-corrected chi connectivity index (χ3v) is 16.2. The lowest BCUT2D eigenvalue weighted by Crippen LogP contribution is -2.66. The van der Waals surface area contributed by atoms with E-state index in [2.05, 4.69) is 6.08 Å². The Hall–Kier alpha value is -2.55. The number of aliphatic hydroxyl groups excluding tert-OH is 5. The minimum absolute atomic E-state index is 0.0144. The van der Waals surface area contributed by atoms with Crippen molar-refractivity contribution in [2.45, 2.75) is 249 Å². The molecule has 0 aromatic carbocycles. The van der Waals surface area contributed by atoms with Gasteiger partial charge in [-0.15, -0.1) is 0 Å². The van der Waals surface area contributed by atoms with Gasteiger partial charge in [0.25, 0.3) is 0 Å². The zero-order chi connectivity index (χ0) is 58.0. The maximum Gasteiger partial charge on any atom is 0.334 e. The van der Waals surface area contributed by atoms with Crippen molar-refractivity contribution in [3.05, 3.63) is 58.7 Å². The number of cyclic esters (lactones) is 1. The number of rotatable bonds is 14. The molecule has 0 radical (unpaired) electrons. The van der Waals surface area contributed by atoms with Crippen molar-refractivity contribution in [2.24, 2.45) is 17.8 Å². The second-order valence-electron chi connectivity index (χ2n) is 22.9. The number of esters is 1. The molecule has 0 bridgehead atoms. The zero-order valence-corrected chi connectivity index (χ0v) is 48.8. The predicted molar refractivity (Wildman–Crippen MR) is 286 cm³/mol. The van der Waals surface area contributed by atoms with Crippen LogP contribution in [0.2, 0.25) is 0 Å². The standard InChI is InChI=1S/C58H96O20/c1-30-18-16-17-19-40(68-13)25-42(59)54(77-55(64)34(5)24-32(3)22-31(2)23-33(4)43(21-20-30)75-56-51(63)50(62)52(70-15)38(9)73-56)58(66)36(7)48(60)35(6)44(78-58)26-41(29-67-12)74-47-28-57(11,65)53(39(10)72-47)76-46-27-45(69-14)49(61)37(8)71-46/h18,20-24,33,35-54,56,59-63,65-66H,16-17,19,25-29H2,1-15H3/b21-20+,30-18+,31-23+,32-22+,34-24+/t33-,35+,36-,37-,38+,39+,40?,41-,42+,43-,44-,45-,46+,47+,48+,49-,50+,51+,52+,53+,54-,56+,57+,58-/m1/s1. The molecule has 0 aromatic rings. The summed E-state index contributed by atoms with van der Waals surface area (Å²) in [6.07, 6.45) is -4.20. The zero-order valence-electron chi connectivity index (χ0n) is 48.8. The average molecular weight is 1110 g/mol. The summed E-state index contributed by atoms with van der Waals surface area (Å²) in [6.45, 7) is 19.5. The number of ether oxygens (including phenoxy) is 12. The third kappa shape index (κ3) is 17.0. The molecule has 1 unspecified atom stereocenters. The first-order valence-electron chi connectivity index (χ1n) is 27.8. The molecule has 4 saturated heterocycles. The van der Waals surface area contributed by atoms with Gasteiger partial charge in [-0.2, -0.15) is 0 Å². The van der Waals surface area contributed by atoms with Crippen molar-refractivity contribution in [2.75, 3.05) is 35.0 Å². The maximum absolute atomic E-state index is 14.3. The van der Waals surface area contributed by atoms with Gasteiger partial charge in [-0.1, -0.05) is 67.9 Å². The van der Waals surface area contributed by atoms with E-state index in [4.69, 9.17) is 56.8 Å². The van der Waals surface area contributed by atoms with Gasteiger partial charge in [0.1, 0.15) is 30.5 Å². The molecular formula is C58H96O20. The van der Waals surface area contributed by atoms with Gasteiger partial charge in [0.05, 0.1) is 73.2 Å². The molecule has 5 rings (SSSR count). The van der Waals surface area contributed by atoms with Gasteiger partial charge in [0, 0.05) is 77.4 Å². The fraction of sp³-hybridized carbons (Fsp3) is 0.810. The van der Waals surface area contributed by atoms with Gasteiger partial charge in [-0.3, -0.25) is 0 Å². The third-order valence-electron chi connectivity index (χ3n) is 16.2. The summed E-state index contributed by atoms with van der Waals surface area (Å²) in [7, 11) is 5.98. The Balaban J connectivity index is 1.39. The van der Waals surface area contributed by atoms with Crippen LogP contribution in [-0.2, 0) is 61.6 Å². The van der Waals surface area contributed by atoms with E-state index in [1.54, 1.807) is 54.5 Å². The van der Waals surface area contributed by atoms with Crippen LogP contribution in [0.25, 0.3) is 0 Å². The first kappa shape index (κ1) is 66.3. The molecule has 5 aliphatic heterocycles. The molecule has 0 aromatic heterocycles. The molecule has 448 valence electrons. The highest BCUT2D eigenvalue weighted by atomic mass is 16.7. The lowest BCUT2D eigenvalue weighted by Gasteiger charge is -2.52. The normalized spacial score (nSPS) is 46.8. The molecule has 20 heteroatoms. The van der Waals surface area contributed by atoms with Gasteiger partial charge >= 0.3 is 5.97 Å². The van der Waals surface area contributed by atoms with Crippen molar-refractivity contribution >= 4 is 5.97 Å². The van der Waals surface area contributed by atoms with Gasteiger partial charge in [0.2, 0.25) is 5.79 Å². The monoisotopic (exact) mass is 1110 g/mol. The summed E-state index contributed by atoms with van der Waals surface area (Å²) >= 11 is 0. The van der Waals surface area contributed by atoms with Crippen LogP contribution in [0.15, 0.2) is 58.7 Å². The summed E-state index contributed by atoms with van der Waals surface area (Å²) < 4.78 is 72.5. The van der Waals surface area contributed by atoms with E-state index in [1.165, 1.54) is 28.4 Å². The molecule has 0 saturated carbocycles. The largest absolute Gasteiger partial charge is 0.450 e. The van der Waals surface area contributed by atoms with E-state index >= 15 is 0 Å². The Morgan fingerprint density at radius 2 is 1.45 bits per heavy atom. The van der Waals surface area contributed by atoms with E-state index in [1.807, 2.05) is 52.0 Å². The summed E-state index contributed by atoms with van der Waals surface area (Å²) in [4.78, 5) is 14.3. The van der Waals surface area contributed by atoms with E-state index in [9.17, 15) is 40.5 Å². The highest BCUT2D eigenvalue weighted by Gasteiger charge is 2.58. The molecule has 7 N–H and O–H groups in total. The first-order valence-corrected chi connectivity index (χ1v) is 27.8. The van der Waals surface area contributed by atoms with E-state index in [0.29, 0.717) is 24.8 Å². The maximum atomic E-state index is 14.3. The second kappa shape index (κ2) is 29.6. The topological polar surface area (TPSA) is 269 Å². The van der Waals surface area contributed by atoms with Crippen LogP contribution in [0.1, 0.15) is 121 Å². The Labute approximate surface area is 462 Å². The first-order chi connectivity index (χ1) is 36.7. The second-order valence-corrected chi connectivity index (χ2v) is 22.9. The Morgan fingerprint density at radius 3 is 2.09 bits per heavy atom. The van der Waals surface area contributed by atoms with Crippen LogP contribution in [-0.4, -0.2) is 205 Å². The van der Waals surface area contributed by atoms with Crippen molar-refractivity contribution in [1.82, 2.24) is 0 Å². The Kier molecular flexibility index (Phi) is 25.2. The van der Waals surface area contributed by atoms with Crippen LogP contribution >= 0.6 is 0 Å². The summed E-state index contributed by atoms with van der Waals surface area (Å²) in [5, 5.41) is 81.2. The number of aliphatic hydroxyl groups is 7. The molecule has 78 heavy (non-hydrogen) atoms. The van der Waals surface area contributed by atoms with Gasteiger partial charge < -0.3 is 92.6 Å². The summed E-state index contributed by atoms with van der Waals surface area (Å²) in [5.41, 5.74) is 1.14. The van der Waals surface area contributed by atoms with E-state index < -0.39 is 146 Å². The van der Waals surface area contributed by atoms with Crippen molar-refractivity contribution in [1.29, 1.82) is 0 Å². The number of hydrogen-bond donors (Lipinski definition) is 7. The molecule has 24 atom stereocenters. The molecule has 0 aliphatic carbocycles. The summed E-state index contributed by atoms with van der Waals surface area (Å²) in [5.74, 6) is -5.24. The fourth-order valence-corrected chi connectivity index (χ4v) is 11.6. The highest BCUT2D eigenvalue weighted by Crippen LogP contribution is 2.43. The number of carbonyl (C=O) groups excluding carboxylic acids is 1. The Morgan fingerprint density at radius 1 is 0.756 bits per heavy atom. The molecule has 0 amide bonds. The van der Waals surface area contributed by atoms with Crippen molar-refractivity contribution < 1.29 is 97.4 Å². The molecule has 4 fully saturated rings. The van der Waals surface area contributed by atoms with Gasteiger partial charge in [-0.25, -0.2) is 4.79 Å². The number of allylic oxidation sites excluding steroid dienone is 7. The highest BCUT2D eigenvalue weighted by molar-refractivity contribution is 5.88. The molecule has 5 aliphatic rings. The summed E-state index contributed by atoms with van der Waals surface area (Å²) in [6, 6.07) is 0. The number of hydrogen-bond acceptors (Lipinski definition) is 20. The predicted octanol–water partition coefficient (Wildman–Crippen LogP) is 4.62. The lowest BCUT2D eigenvalue weighted by molar-refractivity contribution is -0.366. The quantitative estimate of drug-likeness (QED) is 0.117.